The summed E-state index contributed by atoms with van der Waals surface area (Å²) in [4.78, 5) is 13.9. The van der Waals surface area contributed by atoms with Gasteiger partial charge in [-0.3, -0.25) is 10.1 Å². The van der Waals surface area contributed by atoms with Gasteiger partial charge in [0.25, 0.3) is 0 Å². The van der Waals surface area contributed by atoms with Gasteiger partial charge in [-0.2, -0.15) is 12.7 Å². The number of aromatic nitrogens is 1. The molecule has 0 bridgehead atoms. The van der Waals surface area contributed by atoms with Crippen LogP contribution in [-0.2, 0) is 10.2 Å². The highest BCUT2D eigenvalue weighted by molar-refractivity contribution is 7.90. The Morgan fingerprint density at radius 3 is 2.43 bits per heavy atom. The van der Waals surface area contributed by atoms with Gasteiger partial charge in [0, 0.05) is 19.2 Å². The summed E-state index contributed by atoms with van der Waals surface area (Å²) in [7, 11) is -3.87. The number of nitro groups is 1. The van der Waals surface area contributed by atoms with Crippen LogP contribution in [-0.4, -0.2) is 35.7 Å². The first-order chi connectivity index (χ1) is 9.90. The number of nitrogens with zero attached hydrogens (tertiary/aromatic N) is 3. The molecule has 0 atom stereocenters. The average molecular weight is 335 g/mol. The van der Waals surface area contributed by atoms with Crippen LogP contribution in [0.1, 0.15) is 25.7 Å². The van der Waals surface area contributed by atoms with E-state index >= 15 is 0 Å². The van der Waals surface area contributed by atoms with Gasteiger partial charge in [0.2, 0.25) is 5.82 Å². The van der Waals surface area contributed by atoms with Crippen LogP contribution in [0.15, 0.2) is 12.1 Å². The molecule has 21 heavy (non-hydrogen) atoms. The Labute approximate surface area is 127 Å². The molecule has 1 fully saturated rings. The Morgan fingerprint density at radius 1 is 1.24 bits per heavy atom. The summed E-state index contributed by atoms with van der Waals surface area (Å²) in [6, 6.07) is 2.36. The lowest BCUT2D eigenvalue weighted by Gasteiger charge is -2.20. The third kappa shape index (κ3) is 4.02. The molecule has 1 aliphatic heterocycles. The van der Waals surface area contributed by atoms with Crippen LogP contribution in [0, 0.1) is 10.1 Å². The monoisotopic (exact) mass is 334 g/mol. The van der Waals surface area contributed by atoms with Crippen molar-refractivity contribution in [2.24, 2.45) is 0 Å². The predicted molar refractivity (Wildman–Crippen MR) is 78.5 cm³/mol. The smallest absolute Gasteiger partial charge is 0.258 e. The summed E-state index contributed by atoms with van der Waals surface area (Å²) >= 11 is 5.68. The number of halogens is 1. The van der Waals surface area contributed by atoms with E-state index in [0.717, 1.165) is 31.7 Å². The highest BCUT2D eigenvalue weighted by Gasteiger charge is 2.27. The molecule has 1 aliphatic rings. The SMILES string of the molecule is O=[N+]([O-])c1ccc(Cl)nc1NS(=O)(=O)N1CCCCCC1. The second-order valence-corrected chi connectivity index (χ2v) is 6.74. The van der Waals surface area contributed by atoms with Gasteiger partial charge in [0.1, 0.15) is 5.15 Å². The maximum absolute atomic E-state index is 12.3. The minimum absolute atomic E-state index is 0.0193. The molecular weight excluding hydrogens is 320 g/mol. The van der Waals surface area contributed by atoms with Gasteiger partial charge >= 0.3 is 15.9 Å². The van der Waals surface area contributed by atoms with Crippen LogP contribution in [0.25, 0.3) is 0 Å². The first kappa shape index (κ1) is 15.9. The topological polar surface area (TPSA) is 105 Å². The van der Waals surface area contributed by atoms with Gasteiger partial charge in [-0.25, -0.2) is 9.71 Å². The fraction of sp³-hybridized carbons (Fsp3) is 0.545. The van der Waals surface area contributed by atoms with Gasteiger partial charge in [-0.05, 0) is 18.9 Å². The van der Waals surface area contributed by atoms with E-state index in [2.05, 4.69) is 9.71 Å². The van der Waals surface area contributed by atoms with Crippen molar-refractivity contribution in [3.05, 3.63) is 27.4 Å². The zero-order chi connectivity index (χ0) is 15.5. The fourth-order valence-electron chi connectivity index (χ4n) is 2.12. The van der Waals surface area contributed by atoms with E-state index in [4.69, 9.17) is 11.6 Å². The van der Waals surface area contributed by atoms with E-state index in [1.165, 1.54) is 10.4 Å². The Balaban J connectivity index is 2.27. The van der Waals surface area contributed by atoms with Gasteiger partial charge < -0.3 is 0 Å². The number of hydrogen-bond donors (Lipinski definition) is 1. The molecule has 0 saturated carbocycles. The second-order valence-electron chi connectivity index (χ2n) is 4.68. The van der Waals surface area contributed by atoms with E-state index in [0.29, 0.717) is 13.1 Å². The largest absolute Gasteiger partial charge is 0.312 e. The van der Waals surface area contributed by atoms with Gasteiger partial charge in [0.15, 0.2) is 0 Å². The molecule has 1 saturated heterocycles. The normalized spacial score (nSPS) is 17.2. The van der Waals surface area contributed by atoms with Crippen molar-refractivity contribution < 1.29 is 13.3 Å². The first-order valence-corrected chi connectivity index (χ1v) is 8.31. The van der Waals surface area contributed by atoms with Crippen molar-refractivity contribution in [3.63, 3.8) is 0 Å². The molecule has 1 aromatic rings. The quantitative estimate of drug-likeness (QED) is 0.516. The minimum atomic E-state index is -3.87. The van der Waals surface area contributed by atoms with Gasteiger partial charge in [-0.1, -0.05) is 24.4 Å². The highest BCUT2D eigenvalue weighted by Crippen LogP contribution is 2.26. The van der Waals surface area contributed by atoms with Crippen molar-refractivity contribution in [2.45, 2.75) is 25.7 Å². The molecule has 116 valence electrons. The molecule has 2 heterocycles. The van der Waals surface area contributed by atoms with E-state index in [1.54, 1.807) is 0 Å². The molecule has 2 rings (SSSR count). The molecule has 10 heteroatoms. The van der Waals surface area contributed by atoms with Crippen molar-refractivity contribution in [1.29, 1.82) is 0 Å². The fourth-order valence-corrected chi connectivity index (χ4v) is 3.53. The van der Waals surface area contributed by atoms with Gasteiger partial charge in [0.05, 0.1) is 4.92 Å². The molecule has 8 nitrogen and oxygen atoms in total. The number of nitrogens with one attached hydrogen (secondary N) is 1. The van der Waals surface area contributed by atoms with Crippen molar-refractivity contribution in [2.75, 3.05) is 17.8 Å². The summed E-state index contributed by atoms with van der Waals surface area (Å²) in [6.07, 6.45) is 3.49. The summed E-state index contributed by atoms with van der Waals surface area (Å²) in [5.74, 6) is -0.364. The number of anilines is 1. The minimum Gasteiger partial charge on any atom is -0.258 e. The Hall–Kier alpha value is -1.45. The maximum Gasteiger partial charge on any atom is 0.312 e. The van der Waals surface area contributed by atoms with Crippen LogP contribution in [0.4, 0.5) is 11.5 Å². The number of pyridine rings is 1. The van der Waals surface area contributed by atoms with Crippen molar-refractivity contribution in [3.8, 4) is 0 Å². The van der Waals surface area contributed by atoms with Crippen LogP contribution in [0.5, 0.6) is 0 Å². The molecule has 0 spiro atoms. The molecule has 0 radical (unpaired) electrons. The summed E-state index contributed by atoms with van der Waals surface area (Å²) < 4.78 is 28.1. The standard InChI is InChI=1S/C11H15ClN4O4S/c12-10-6-5-9(16(17)18)11(13-10)14-21(19,20)15-7-3-1-2-4-8-15/h5-6H,1-4,7-8H2,(H,13,14). The maximum atomic E-state index is 12.3. The lowest BCUT2D eigenvalue weighted by molar-refractivity contribution is -0.384. The van der Waals surface area contributed by atoms with Crippen LogP contribution >= 0.6 is 11.6 Å². The summed E-state index contributed by atoms with van der Waals surface area (Å²) in [6.45, 7) is 0.785. The van der Waals surface area contributed by atoms with E-state index in [-0.39, 0.29) is 11.0 Å². The van der Waals surface area contributed by atoms with Crippen LogP contribution in [0.2, 0.25) is 5.15 Å². The predicted octanol–water partition coefficient (Wildman–Crippen LogP) is 2.18. The zero-order valence-corrected chi connectivity index (χ0v) is 12.7. The van der Waals surface area contributed by atoms with Crippen LogP contribution in [0.3, 0.4) is 0 Å². The molecule has 0 aliphatic carbocycles. The Kier molecular flexibility index (Phi) is 4.96. The molecule has 0 amide bonds. The zero-order valence-electron chi connectivity index (χ0n) is 11.2. The summed E-state index contributed by atoms with van der Waals surface area (Å²) in [5, 5.41) is 10.9. The molecule has 1 N–H and O–H groups in total. The van der Waals surface area contributed by atoms with Gasteiger partial charge in [-0.15, -0.1) is 0 Å². The van der Waals surface area contributed by atoms with Crippen LogP contribution < -0.4 is 4.72 Å². The lowest BCUT2D eigenvalue weighted by atomic mass is 10.2. The highest BCUT2D eigenvalue weighted by atomic mass is 35.5. The molecule has 0 unspecified atom stereocenters. The number of hydrogen-bond acceptors (Lipinski definition) is 5. The third-order valence-corrected chi connectivity index (χ3v) is 4.87. The Morgan fingerprint density at radius 2 is 1.86 bits per heavy atom. The summed E-state index contributed by atoms with van der Waals surface area (Å²) in [5.41, 5.74) is -0.433. The number of rotatable bonds is 4. The van der Waals surface area contributed by atoms with Crippen molar-refractivity contribution in [1.82, 2.24) is 9.29 Å². The first-order valence-electron chi connectivity index (χ1n) is 6.49. The van der Waals surface area contributed by atoms with E-state index in [1.807, 2.05) is 0 Å². The third-order valence-electron chi connectivity index (χ3n) is 3.17. The molecular formula is C11H15ClN4O4S. The average Bonchev–Trinajstić information content (AvgIpc) is 2.67. The molecule has 0 aromatic carbocycles. The lowest BCUT2D eigenvalue weighted by Crippen LogP contribution is -2.36. The van der Waals surface area contributed by atoms with E-state index < -0.39 is 20.8 Å². The Bertz CT molecular complexity index is 629. The molecule has 1 aromatic heterocycles. The van der Waals surface area contributed by atoms with E-state index in [9.17, 15) is 18.5 Å². The second kappa shape index (κ2) is 6.54. The van der Waals surface area contributed by atoms with Crippen molar-refractivity contribution >= 4 is 33.3 Å².